The van der Waals surface area contributed by atoms with Crippen LogP contribution in [-0.2, 0) is 4.79 Å². The summed E-state index contributed by atoms with van der Waals surface area (Å²) in [6.45, 7) is 1.97. The molecule has 0 radical (unpaired) electrons. The first-order valence-electron chi connectivity index (χ1n) is 5.87. The number of benzene rings is 1. The van der Waals surface area contributed by atoms with Crippen molar-refractivity contribution >= 4 is 33.2 Å². The summed E-state index contributed by atoms with van der Waals surface area (Å²) >= 11 is 5.00. The van der Waals surface area contributed by atoms with E-state index >= 15 is 0 Å². The zero-order chi connectivity index (χ0) is 13.7. The molecule has 1 aromatic heterocycles. The number of rotatable bonds is 5. The summed E-state index contributed by atoms with van der Waals surface area (Å²) < 4.78 is 6.30. The van der Waals surface area contributed by atoms with E-state index in [4.69, 9.17) is 4.74 Å². The third-order valence-electron chi connectivity index (χ3n) is 2.54. The Morgan fingerprint density at radius 1 is 1.37 bits per heavy atom. The monoisotopic (exact) mass is 339 g/mol. The van der Waals surface area contributed by atoms with Crippen molar-refractivity contribution in [2.75, 3.05) is 6.61 Å². The minimum absolute atomic E-state index is 0.00955. The number of carbonyl (C=O) groups is 1. The van der Waals surface area contributed by atoms with Gasteiger partial charge in [0.25, 0.3) is 5.91 Å². The van der Waals surface area contributed by atoms with Crippen LogP contribution in [0.1, 0.15) is 17.8 Å². The molecule has 5 heteroatoms. The molecule has 1 atom stereocenters. The van der Waals surface area contributed by atoms with Crippen LogP contribution in [0.2, 0.25) is 0 Å². The van der Waals surface area contributed by atoms with Gasteiger partial charge in [-0.1, -0.05) is 18.2 Å². The van der Waals surface area contributed by atoms with Gasteiger partial charge in [0.2, 0.25) is 0 Å². The summed E-state index contributed by atoms with van der Waals surface area (Å²) in [7, 11) is 0. The maximum atomic E-state index is 11.8. The average Bonchev–Trinajstić information content (AvgIpc) is 2.91. The number of para-hydroxylation sites is 1. The number of carbonyl (C=O) groups excluding carboxylic acids is 1. The number of halogens is 1. The third-order valence-corrected chi connectivity index (χ3v) is 4.25. The minimum atomic E-state index is -0.128. The topological polar surface area (TPSA) is 38.3 Å². The molecule has 2 aromatic rings. The zero-order valence-corrected chi connectivity index (χ0v) is 12.8. The van der Waals surface area contributed by atoms with Crippen molar-refractivity contribution in [3.63, 3.8) is 0 Å². The molecule has 0 bridgehead atoms. The van der Waals surface area contributed by atoms with E-state index in [0.717, 1.165) is 9.35 Å². The number of ether oxygens (including phenoxy) is 1. The molecule has 19 heavy (non-hydrogen) atoms. The van der Waals surface area contributed by atoms with Gasteiger partial charge in [-0.3, -0.25) is 4.79 Å². The number of nitrogens with one attached hydrogen (secondary N) is 1. The van der Waals surface area contributed by atoms with Crippen LogP contribution < -0.4 is 10.1 Å². The molecule has 0 aliphatic carbocycles. The molecule has 0 aliphatic rings. The second-order valence-corrected chi connectivity index (χ2v) is 5.86. The molecule has 0 fully saturated rings. The molecular formula is C14H14BrNO2S. The highest BCUT2D eigenvalue weighted by Crippen LogP contribution is 2.23. The Balaban J connectivity index is 1.84. The predicted molar refractivity (Wildman–Crippen MR) is 80.5 cm³/mol. The lowest BCUT2D eigenvalue weighted by molar-refractivity contribution is -0.123. The molecule has 2 rings (SSSR count). The predicted octanol–water partition coefficient (Wildman–Crippen LogP) is 3.77. The van der Waals surface area contributed by atoms with E-state index in [1.807, 2.05) is 48.7 Å². The highest BCUT2D eigenvalue weighted by atomic mass is 79.9. The van der Waals surface area contributed by atoms with E-state index in [0.29, 0.717) is 5.75 Å². The van der Waals surface area contributed by atoms with Crippen LogP contribution in [0.25, 0.3) is 0 Å². The largest absolute Gasteiger partial charge is 0.483 e. The van der Waals surface area contributed by atoms with Gasteiger partial charge in [0, 0.05) is 4.88 Å². The van der Waals surface area contributed by atoms with Gasteiger partial charge in [-0.2, -0.15) is 0 Å². The molecule has 1 aromatic carbocycles. The lowest BCUT2D eigenvalue weighted by Crippen LogP contribution is -2.30. The Hall–Kier alpha value is -1.33. The van der Waals surface area contributed by atoms with E-state index in [1.165, 1.54) is 0 Å². The second-order valence-electron chi connectivity index (χ2n) is 4.02. The van der Waals surface area contributed by atoms with Crippen molar-refractivity contribution in [3.05, 3.63) is 51.1 Å². The van der Waals surface area contributed by atoms with Crippen molar-refractivity contribution in [2.24, 2.45) is 0 Å². The Labute approximate surface area is 124 Å². The zero-order valence-electron chi connectivity index (χ0n) is 10.4. The lowest BCUT2D eigenvalue weighted by atomic mass is 10.3. The van der Waals surface area contributed by atoms with Crippen LogP contribution in [0.4, 0.5) is 0 Å². The SMILES string of the molecule is C[C@H](NC(=O)COc1ccccc1Br)c1cccs1. The summed E-state index contributed by atoms with van der Waals surface area (Å²) in [4.78, 5) is 12.9. The Bertz CT molecular complexity index is 542. The quantitative estimate of drug-likeness (QED) is 0.900. The first-order valence-corrected chi connectivity index (χ1v) is 7.54. The fraction of sp³-hybridized carbons (Fsp3) is 0.214. The lowest BCUT2D eigenvalue weighted by Gasteiger charge is -2.13. The molecule has 1 heterocycles. The molecule has 100 valence electrons. The summed E-state index contributed by atoms with van der Waals surface area (Å²) in [5, 5.41) is 4.90. The maximum absolute atomic E-state index is 11.8. The molecule has 0 saturated carbocycles. The molecule has 1 N–H and O–H groups in total. The fourth-order valence-electron chi connectivity index (χ4n) is 1.60. The van der Waals surface area contributed by atoms with Crippen molar-refractivity contribution in [3.8, 4) is 5.75 Å². The minimum Gasteiger partial charge on any atom is -0.483 e. The molecular weight excluding hydrogens is 326 g/mol. The van der Waals surface area contributed by atoms with Crippen molar-refractivity contribution < 1.29 is 9.53 Å². The van der Waals surface area contributed by atoms with Crippen LogP contribution in [0.15, 0.2) is 46.3 Å². The number of hydrogen-bond donors (Lipinski definition) is 1. The van der Waals surface area contributed by atoms with Crippen LogP contribution >= 0.6 is 27.3 Å². The Kier molecular flexibility index (Phi) is 4.99. The Morgan fingerprint density at radius 2 is 2.16 bits per heavy atom. The summed E-state index contributed by atoms with van der Waals surface area (Å²) in [5.41, 5.74) is 0. The standard InChI is InChI=1S/C14H14BrNO2S/c1-10(13-7-4-8-19-13)16-14(17)9-18-12-6-3-2-5-11(12)15/h2-8,10H,9H2,1H3,(H,16,17)/t10-/m0/s1. The first-order chi connectivity index (χ1) is 9.16. The summed E-state index contributed by atoms with van der Waals surface area (Å²) in [6.07, 6.45) is 0. The van der Waals surface area contributed by atoms with E-state index < -0.39 is 0 Å². The van der Waals surface area contributed by atoms with Crippen LogP contribution in [0.5, 0.6) is 5.75 Å². The maximum Gasteiger partial charge on any atom is 0.258 e. The van der Waals surface area contributed by atoms with Crippen molar-refractivity contribution in [1.82, 2.24) is 5.32 Å². The normalized spacial score (nSPS) is 11.9. The summed E-state index contributed by atoms with van der Waals surface area (Å²) in [5.74, 6) is 0.540. The molecule has 0 spiro atoms. The molecule has 0 aliphatic heterocycles. The highest BCUT2D eigenvalue weighted by Gasteiger charge is 2.11. The smallest absolute Gasteiger partial charge is 0.258 e. The average molecular weight is 340 g/mol. The second kappa shape index (κ2) is 6.73. The van der Waals surface area contributed by atoms with Gasteiger partial charge in [-0.15, -0.1) is 11.3 Å². The van der Waals surface area contributed by atoms with Crippen molar-refractivity contribution in [2.45, 2.75) is 13.0 Å². The van der Waals surface area contributed by atoms with Gasteiger partial charge in [0.15, 0.2) is 6.61 Å². The number of hydrogen-bond acceptors (Lipinski definition) is 3. The third kappa shape index (κ3) is 4.08. The number of amides is 1. The molecule has 0 saturated heterocycles. The van der Waals surface area contributed by atoms with E-state index in [2.05, 4.69) is 21.2 Å². The van der Waals surface area contributed by atoms with E-state index in [1.54, 1.807) is 11.3 Å². The summed E-state index contributed by atoms with van der Waals surface area (Å²) in [6, 6.07) is 11.4. The van der Waals surface area contributed by atoms with Gasteiger partial charge < -0.3 is 10.1 Å². The molecule has 1 amide bonds. The van der Waals surface area contributed by atoms with Gasteiger partial charge in [-0.05, 0) is 46.4 Å². The van der Waals surface area contributed by atoms with Gasteiger partial charge in [-0.25, -0.2) is 0 Å². The van der Waals surface area contributed by atoms with Gasteiger partial charge in [0.1, 0.15) is 5.75 Å². The van der Waals surface area contributed by atoms with E-state index in [-0.39, 0.29) is 18.6 Å². The van der Waals surface area contributed by atoms with Gasteiger partial charge >= 0.3 is 0 Å². The molecule has 3 nitrogen and oxygen atoms in total. The van der Waals surface area contributed by atoms with Crippen molar-refractivity contribution in [1.29, 1.82) is 0 Å². The first kappa shape index (κ1) is 14.1. The van der Waals surface area contributed by atoms with Crippen LogP contribution in [0.3, 0.4) is 0 Å². The van der Waals surface area contributed by atoms with Crippen LogP contribution in [-0.4, -0.2) is 12.5 Å². The number of thiophene rings is 1. The Morgan fingerprint density at radius 3 is 2.84 bits per heavy atom. The highest BCUT2D eigenvalue weighted by molar-refractivity contribution is 9.10. The van der Waals surface area contributed by atoms with Gasteiger partial charge in [0.05, 0.1) is 10.5 Å². The fourth-order valence-corrected chi connectivity index (χ4v) is 2.73. The van der Waals surface area contributed by atoms with E-state index in [9.17, 15) is 4.79 Å². The molecule has 0 unspecified atom stereocenters. The van der Waals surface area contributed by atoms with Crippen LogP contribution in [0, 0.1) is 0 Å².